The fraction of sp³-hybridized carbons (Fsp3) is 0.615. The van der Waals surface area contributed by atoms with Gasteiger partial charge in [-0.1, -0.05) is 6.07 Å². The van der Waals surface area contributed by atoms with Crippen LogP contribution in [0.5, 0.6) is 5.88 Å². The number of rotatable bonds is 5. The van der Waals surface area contributed by atoms with Gasteiger partial charge in [0.05, 0.1) is 7.11 Å². The molecule has 0 amide bonds. The summed E-state index contributed by atoms with van der Waals surface area (Å²) in [4.78, 5) is 6.39. The summed E-state index contributed by atoms with van der Waals surface area (Å²) < 4.78 is 5.23. The smallest absolute Gasteiger partial charge is 0.217 e. The molecule has 0 aromatic carbocycles. The van der Waals surface area contributed by atoms with Gasteiger partial charge in [-0.25, -0.2) is 4.98 Å². The summed E-state index contributed by atoms with van der Waals surface area (Å²) in [7, 11) is 1.61. The predicted octanol–water partition coefficient (Wildman–Crippen LogP) is 0.123. The van der Waals surface area contributed by atoms with Gasteiger partial charge in [-0.2, -0.15) is 0 Å². The van der Waals surface area contributed by atoms with E-state index < -0.39 is 0 Å². The van der Waals surface area contributed by atoms with E-state index in [0.29, 0.717) is 5.88 Å². The molecule has 1 aliphatic rings. The van der Waals surface area contributed by atoms with Crippen LogP contribution in [-0.2, 0) is 6.54 Å². The molecular formula is C13H20N2O3. The van der Waals surface area contributed by atoms with Gasteiger partial charge in [0, 0.05) is 56.4 Å². The number of hydrogen-bond donors (Lipinski definition) is 2. The van der Waals surface area contributed by atoms with Gasteiger partial charge in [-0.3, -0.25) is 4.90 Å². The van der Waals surface area contributed by atoms with E-state index in [1.54, 1.807) is 13.3 Å². The highest BCUT2D eigenvalue weighted by molar-refractivity contribution is 5.25. The van der Waals surface area contributed by atoms with Crippen molar-refractivity contribution in [3.05, 3.63) is 23.9 Å². The topological polar surface area (TPSA) is 65.8 Å². The number of aromatic nitrogens is 1. The van der Waals surface area contributed by atoms with Gasteiger partial charge in [0.1, 0.15) is 0 Å². The normalized spacial score (nSPS) is 24.4. The number of methoxy groups -OCH3 is 1. The Morgan fingerprint density at radius 3 is 2.56 bits per heavy atom. The number of nitrogens with zero attached hydrogens (tertiary/aromatic N) is 2. The molecule has 0 spiro atoms. The zero-order valence-electron chi connectivity index (χ0n) is 10.6. The number of ether oxygens (including phenoxy) is 1. The molecule has 0 saturated carbocycles. The summed E-state index contributed by atoms with van der Waals surface area (Å²) in [5, 5.41) is 18.6. The average molecular weight is 252 g/mol. The summed E-state index contributed by atoms with van der Waals surface area (Å²) in [5.74, 6) is 0.973. The quantitative estimate of drug-likeness (QED) is 0.779. The largest absolute Gasteiger partial charge is 0.481 e. The minimum absolute atomic E-state index is 0.131. The Balaban J connectivity index is 2.02. The van der Waals surface area contributed by atoms with Gasteiger partial charge in [-0.05, 0) is 6.07 Å². The van der Waals surface area contributed by atoms with E-state index in [-0.39, 0.29) is 25.0 Å². The van der Waals surface area contributed by atoms with Crippen LogP contribution in [0.2, 0.25) is 0 Å². The van der Waals surface area contributed by atoms with Crippen LogP contribution in [-0.4, -0.2) is 53.5 Å². The molecule has 5 heteroatoms. The third-order valence-corrected chi connectivity index (χ3v) is 3.56. The molecule has 18 heavy (non-hydrogen) atoms. The first kappa shape index (κ1) is 13.3. The van der Waals surface area contributed by atoms with Crippen molar-refractivity contribution >= 4 is 0 Å². The van der Waals surface area contributed by atoms with Crippen LogP contribution < -0.4 is 4.74 Å². The molecule has 1 aliphatic heterocycles. The van der Waals surface area contributed by atoms with E-state index in [0.717, 1.165) is 25.2 Å². The summed E-state index contributed by atoms with van der Waals surface area (Å²) in [6, 6.07) is 3.88. The predicted molar refractivity (Wildman–Crippen MR) is 67.2 cm³/mol. The molecule has 1 aromatic heterocycles. The Hall–Kier alpha value is -1.17. The van der Waals surface area contributed by atoms with E-state index in [2.05, 4.69) is 9.88 Å². The molecule has 1 aromatic rings. The standard InChI is InChI=1S/C13H20N2O3/c1-18-13-10(3-2-4-14-13)5-15-6-11(8-16)12(7-15)9-17/h2-4,11-12,16-17H,5-9H2,1H3/t11-,12-/m0/s1. The first-order valence-corrected chi connectivity index (χ1v) is 6.20. The van der Waals surface area contributed by atoms with Gasteiger partial charge in [-0.15, -0.1) is 0 Å². The number of hydrogen-bond acceptors (Lipinski definition) is 5. The van der Waals surface area contributed by atoms with Crippen LogP contribution in [0.25, 0.3) is 0 Å². The minimum Gasteiger partial charge on any atom is -0.481 e. The molecule has 0 radical (unpaired) electrons. The maximum absolute atomic E-state index is 9.28. The summed E-state index contributed by atoms with van der Waals surface area (Å²) in [6.45, 7) is 2.61. The van der Waals surface area contributed by atoms with E-state index in [1.807, 2.05) is 12.1 Å². The zero-order valence-corrected chi connectivity index (χ0v) is 10.6. The van der Waals surface area contributed by atoms with Crippen LogP contribution in [0.4, 0.5) is 0 Å². The van der Waals surface area contributed by atoms with E-state index in [4.69, 9.17) is 4.74 Å². The molecule has 100 valence electrons. The first-order chi connectivity index (χ1) is 8.78. The summed E-state index contributed by atoms with van der Waals surface area (Å²) in [5.41, 5.74) is 1.04. The third kappa shape index (κ3) is 2.80. The molecule has 2 heterocycles. The fourth-order valence-corrected chi connectivity index (χ4v) is 2.55. The van der Waals surface area contributed by atoms with Crippen LogP contribution in [0.15, 0.2) is 18.3 Å². The lowest BCUT2D eigenvalue weighted by molar-refractivity contribution is 0.152. The minimum atomic E-state index is 0.131. The molecule has 0 unspecified atom stereocenters. The van der Waals surface area contributed by atoms with Crippen molar-refractivity contribution in [3.8, 4) is 5.88 Å². The van der Waals surface area contributed by atoms with Crippen LogP contribution in [0.3, 0.4) is 0 Å². The van der Waals surface area contributed by atoms with Gasteiger partial charge < -0.3 is 14.9 Å². The van der Waals surface area contributed by atoms with Crippen molar-refractivity contribution < 1.29 is 14.9 Å². The second-order valence-electron chi connectivity index (χ2n) is 4.75. The fourth-order valence-electron chi connectivity index (χ4n) is 2.55. The molecule has 5 nitrogen and oxygen atoms in total. The number of likely N-dealkylation sites (tertiary alicyclic amines) is 1. The molecule has 2 atom stereocenters. The van der Waals surface area contributed by atoms with Gasteiger partial charge in [0.15, 0.2) is 0 Å². The first-order valence-electron chi connectivity index (χ1n) is 6.20. The molecule has 1 saturated heterocycles. The summed E-state index contributed by atoms with van der Waals surface area (Å²) >= 11 is 0. The number of pyridine rings is 1. The monoisotopic (exact) mass is 252 g/mol. The van der Waals surface area contributed by atoms with Crippen LogP contribution in [0, 0.1) is 11.8 Å². The molecule has 1 fully saturated rings. The number of aliphatic hydroxyl groups excluding tert-OH is 2. The van der Waals surface area contributed by atoms with Gasteiger partial charge in [0.2, 0.25) is 5.88 Å². The Kier molecular flexibility index (Phi) is 4.52. The highest BCUT2D eigenvalue weighted by Crippen LogP contribution is 2.25. The van der Waals surface area contributed by atoms with Crippen molar-refractivity contribution in [3.63, 3.8) is 0 Å². The lowest BCUT2D eigenvalue weighted by Crippen LogP contribution is -2.21. The Morgan fingerprint density at radius 2 is 2.00 bits per heavy atom. The van der Waals surface area contributed by atoms with E-state index in [1.165, 1.54) is 0 Å². The summed E-state index contributed by atoms with van der Waals surface area (Å²) in [6.07, 6.45) is 1.71. The zero-order chi connectivity index (χ0) is 13.0. The Labute approximate surface area is 107 Å². The SMILES string of the molecule is COc1ncccc1CN1C[C@@H](CO)[C@H](CO)C1. The van der Waals surface area contributed by atoms with Crippen molar-refractivity contribution in [2.24, 2.45) is 11.8 Å². The van der Waals surface area contributed by atoms with Gasteiger partial charge in [0.25, 0.3) is 0 Å². The maximum atomic E-state index is 9.28. The molecular weight excluding hydrogens is 232 g/mol. The third-order valence-electron chi connectivity index (χ3n) is 3.56. The lowest BCUT2D eigenvalue weighted by Gasteiger charge is -2.16. The number of aliphatic hydroxyl groups is 2. The Bertz CT molecular complexity index is 374. The van der Waals surface area contributed by atoms with E-state index >= 15 is 0 Å². The molecule has 2 N–H and O–H groups in total. The Morgan fingerprint density at radius 1 is 1.33 bits per heavy atom. The maximum Gasteiger partial charge on any atom is 0.217 e. The van der Waals surface area contributed by atoms with Crippen molar-refractivity contribution in [2.45, 2.75) is 6.54 Å². The van der Waals surface area contributed by atoms with Gasteiger partial charge >= 0.3 is 0 Å². The van der Waals surface area contributed by atoms with Crippen molar-refractivity contribution in [1.29, 1.82) is 0 Å². The highest BCUT2D eigenvalue weighted by atomic mass is 16.5. The van der Waals surface area contributed by atoms with Crippen LogP contribution in [0.1, 0.15) is 5.56 Å². The molecule has 2 rings (SSSR count). The second-order valence-corrected chi connectivity index (χ2v) is 4.75. The molecule has 0 aliphatic carbocycles. The lowest BCUT2D eigenvalue weighted by atomic mass is 9.98. The van der Waals surface area contributed by atoms with Crippen molar-refractivity contribution in [1.82, 2.24) is 9.88 Å². The molecule has 0 bridgehead atoms. The average Bonchev–Trinajstić information content (AvgIpc) is 2.81. The van der Waals surface area contributed by atoms with Crippen LogP contribution >= 0.6 is 0 Å². The highest BCUT2D eigenvalue weighted by Gasteiger charge is 2.31. The second kappa shape index (κ2) is 6.13. The van der Waals surface area contributed by atoms with Crippen molar-refractivity contribution in [2.75, 3.05) is 33.4 Å². The van der Waals surface area contributed by atoms with E-state index in [9.17, 15) is 10.2 Å².